The van der Waals surface area contributed by atoms with E-state index >= 15 is 0 Å². The number of halogens is 3. The Kier molecular flexibility index (Phi) is 4.09. The molecule has 0 atom stereocenters. The summed E-state index contributed by atoms with van der Waals surface area (Å²) in [4.78, 5) is 25.0. The van der Waals surface area contributed by atoms with Crippen LogP contribution in [0.3, 0.4) is 0 Å². The van der Waals surface area contributed by atoms with Crippen molar-refractivity contribution in [3.8, 4) is 0 Å². The molecule has 0 unspecified atom stereocenters. The molecule has 7 rings (SSSR count). The van der Waals surface area contributed by atoms with Crippen LogP contribution >= 0.6 is 0 Å². The molecule has 0 bridgehead atoms. The molecule has 12 heteroatoms. The average Bonchev–Trinajstić information content (AvgIpc) is 3.19. The van der Waals surface area contributed by atoms with E-state index in [9.17, 15) is 18.0 Å². The molecule has 182 valence electrons. The number of hydrogen-bond donors (Lipinski definition) is 2. The molecule has 3 saturated carbocycles. The number of carbonyl (C=O) groups is 1. The van der Waals surface area contributed by atoms with Gasteiger partial charge in [-0.15, -0.1) is 0 Å². The van der Waals surface area contributed by atoms with Crippen LogP contribution in [-0.4, -0.2) is 72.4 Å². The molecular weight excluding hydrogens is 449 g/mol. The SMILES string of the molecule is O=C(N1CC2(CC(Cc3n[nH]c(C(F)(F)F)n3)C2)C1)N1CC2(CC(c3nc(C4CC4)n[nH]3)C2)C1. The van der Waals surface area contributed by atoms with Gasteiger partial charge in [0.25, 0.3) is 0 Å². The molecule has 4 heterocycles. The fraction of sp³-hybridized carbons (Fsp3) is 0.773. The van der Waals surface area contributed by atoms with Gasteiger partial charge >= 0.3 is 12.2 Å². The van der Waals surface area contributed by atoms with Crippen LogP contribution in [0.5, 0.6) is 0 Å². The number of aromatic amines is 2. The third-order valence-corrected chi connectivity index (χ3v) is 8.57. The molecule has 5 aliphatic rings. The molecule has 0 aromatic carbocycles. The van der Waals surface area contributed by atoms with Crippen molar-refractivity contribution in [3.05, 3.63) is 23.3 Å². The predicted octanol–water partition coefficient (Wildman–Crippen LogP) is 3.07. The maximum absolute atomic E-state index is 12.9. The first kappa shape index (κ1) is 20.7. The second-order valence-electron chi connectivity index (χ2n) is 11.5. The summed E-state index contributed by atoms with van der Waals surface area (Å²) in [6.45, 7) is 3.14. The van der Waals surface area contributed by atoms with E-state index in [1.54, 1.807) is 0 Å². The quantitative estimate of drug-likeness (QED) is 0.706. The minimum absolute atomic E-state index is 0.127. The monoisotopic (exact) mass is 476 g/mol. The first-order valence-electron chi connectivity index (χ1n) is 12.1. The maximum atomic E-state index is 12.9. The number of nitrogens with zero attached hydrogens (tertiary/aromatic N) is 6. The van der Waals surface area contributed by atoms with Gasteiger partial charge in [-0.3, -0.25) is 10.2 Å². The number of urea groups is 1. The number of carbonyl (C=O) groups excluding carboxylic acids is 1. The highest BCUT2D eigenvalue weighted by molar-refractivity contribution is 5.77. The van der Waals surface area contributed by atoms with Gasteiger partial charge in [-0.25, -0.2) is 14.8 Å². The molecule has 2 saturated heterocycles. The fourth-order valence-electron chi connectivity index (χ4n) is 6.77. The van der Waals surface area contributed by atoms with Gasteiger partial charge in [-0.1, -0.05) is 0 Å². The third kappa shape index (κ3) is 3.31. The van der Waals surface area contributed by atoms with Crippen LogP contribution < -0.4 is 0 Å². The molecule has 34 heavy (non-hydrogen) atoms. The van der Waals surface area contributed by atoms with Gasteiger partial charge in [0.15, 0.2) is 11.6 Å². The van der Waals surface area contributed by atoms with E-state index in [0.29, 0.717) is 18.3 Å². The van der Waals surface area contributed by atoms with E-state index < -0.39 is 12.0 Å². The fourth-order valence-corrected chi connectivity index (χ4v) is 6.77. The number of hydrogen-bond acceptors (Lipinski definition) is 5. The summed E-state index contributed by atoms with van der Waals surface area (Å²) in [6, 6.07) is 0.127. The van der Waals surface area contributed by atoms with Gasteiger partial charge in [0.2, 0.25) is 5.82 Å². The Bertz CT molecular complexity index is 1110. The number of rotatable bonds is 4. The highest BCUT2D eigenvalue weighted by Gasteiger charge is 2.58. The van der Waals surface area contributed by atoms with Gasteiger partial charge in [-0.2, -0.15) is 23.4 Å². The highest BCUT2D eigenvalue weighted by atomic mass is 19.4. The normalized spacial score (nSPS) is 25.7. The van der Waals surface area contributed by atoms with Crippen molar-refractivity contribution < 1.29 is 18.0 Å². The van der Waals surface area contributed by atoms with Crippen LogP contribution in [0.2, 0.25) is 0 Å². The van der Waals surface area contributed by atoms with Gasteiger partial charge in [0.1, 0.15) is 5.82 Å². The second kappa shape index (κ2) is 6.72. The molecule has 0 radical (unpaired) electrons. The van der Waals surface area contributed by atoms with Crippen molar-refractivity contribution >= 4 is 6.03 Å². The zero-order chi connectivity index (χ0) is 23.3. The Morgan fingerprint density at radius 3 is 2.15 bits per heavy atom. The van der Waals surface area contributed by atoms with Gasteiger partial charge in [-0.05, 0) is 44.4 Å². The maximum Gasteiger partial charge on any atom is 0.451 e. The molecule has 2 amide bonds. The number of alkyl halides is 3. The molecule has 2 aromatic rings. The second-order valence-corrected chi connectivity index (χ2v) is 11.5. The molecule has 2 aromatic heterocycles. The first-order valence-corrected chi connectivity index (χ1v) is 12.1. The van der Waals surface area contributed by atoms with Crippen molar-refractivity contribution in [2.45, 2.75) is 63.0 Å². The molecular formula is C22H27F3N8O. The summed E-state index contributed by atoms with van der Waals surface area (Å²) < 4.78 is 38.0. The van der Waals surface area contributed by atoms with E-state index in [-0.39, 0.29) is 28.6 Å². The van der Waals surface area contributed by atoms with Gasteiger partial charge in [0, 0.05) is 55.3 Å². The molecule has 2 aliphatic heterocycles. The zero-order valence-corrected chi connectivity index (χ0v) is 18.7. The first-order chi connectivity index (χ1) is 16.2. The van der Waals surface area contributed by atoms with Crippen molar-refractivity contribution in [1.29, 1.82) is 0 Å². The number of likely N-dealkylation sites (tertiary alicyclic amines) is 2. The number of H-pyrrole nitrogens is 2. The van der Waals surface area contributed by atoms with Crippen LogP contribution in [-0.2, 0) is 12.6 Å². The van der Waals surface area contributed by atoms with E-state index in [1.807, 2.05) is 14.9 Å². The lowest BCUT2D eigenvalue weighted by Gasteiger charge is -2.63. The Morgan fingerprint density at radius 2 is 1.56 bits per heavy atom. The summed E-state index contributed by atoms with van der Waals surface area (Å²) in [5, 5.41) is 13.2. The Morgan fingerprint density at radius 1 is 0.912 bits per heavy atom. The van der Waals surface area contributed by atoms with Crippen LogP contribution in [0.4, 0.5) is 18.0 Å². The zero-order valence-electron chi connectivity index (χ0n) is 18.7. The van der Waals surface area contributed by atoms with E-state index in [2.05, 4.69) is 25.3 Å². The number of amides is 2. The summed E-state index contributed by atoms with van der Waals surface area (Å²) in [6.07, 6.45) is 2.32. The average molecular weight is 477 g/mol. The summed E-state index contributed by atoms with van der Waals surface area (Å²) in [7, 11) is 0. The Labute approximate surface area is 193 Å². The molecule has 2 N–H and O–H groups in total. The van der Waals surface area contributed by atoms with Crippen molar-refractivity contribution in [2.24, 2.45) is 16.7 Å². The van der Waals surface area contributed by atoms with Crippen molar-refractivity contribution in [1.82, 2.24) is 40.2 Å². The standard InChI is InChI=1S/C22H27F3N8O/c23-22(24,25)18-26-15(28-31-18)3-12-4-20(5-12)8-32(9-20)19(34)33-10-21(11-33)6-14(7-21)17-27-16(29-30-17)13-1-2-13/h12-14H,1-11H2,(H,26,28,31)(H,27,29,30). The highest BCUT2D eigenvalue weighted by Crippen LogP contribution is 2.57. The molecule has 3 aliphatic carbocycles. The minimum atomic E-state index is -4.49. The summed E-state index contributed by atoms with van der Waals surface area (Å²) in [5.74, 6) is 2.45. The number of aromatic nitrogens is 6. The molecule has 2 spiro atoms. The van der Waals surface area contributed by atoms with Crippen molar-refractivity contribution in [2.75, 3.05) is 26.2 Å². The summed E-state index contributed by atoms with van der Waals surface area (Å²) >= 11 is 0. The summed E-state index contributed by atoms with van der Waals surface area (Å²) in [5.41, 5.74) is 0.391. The van der Waals surface area contributed by atoms with Crippen LogP contribution in [0.15, 0.2) is 0 Å². The minimum Gasteiger partial charge on any atom is -0.323 e. The van der Waals surface area contributed by atoms with E-state index in [1.165, 1.54) is 12.8 Å². The predicted molar refractivity (Wildman–Crippen MR) is 112 cm³/mol. The van der Waals surface area contributed by atoms with E-state index in [4.69, 9.17) is 0 Å². The van der Waals surface area contributed by atoms with Crippen molar-refractivity contribution in [3.63, 3.8) is 0 Å². The Balaban J connectivity index is 0.844. The lowest BCUT2D eigenvalue weighted by Crippen LogP contribution is -2.71. The van der Waals surface area contributed by atoms with Crippen LogP contribution in [0, 0.1) is 16.7 Å². The largest absolute Gasteiger partial charge is 0.451 e. The Hall–Kier alpha value is -2.66. The third-order valence-electron chi connectivity index (χ3n) is 8.57. The molecule has 9 nitrogen and oxygen atoms in total. The lowest BCUT2D eigenvalue weighted by molar-refractivity contribution is -0.144. The van der Waals surface area contributed by atoms with E-state index in [0.717, 1.165) is 63.5 Å². The molecule has 5 fully saturated rings. The van der Waals surface area contributed by atoms with Gasteiger partial charge < -0.3 is 9.80 Å². The topological polar surface area (TPSA) is 107 Å². The number of nitrogens with one attached hydrogen (secondary N) is 2. The van der Waals surface area contributed by atoms with Gasteiger partial charge in [0.05, 0.1) is 0 Å². The lowest BCUT2D eigenvalue weighted by atomic mass is 9.56. The van der Waals surface area contributed by atoms with Crippen LogP contribution in [0.25, 0.3) is 0 Å². The smallest absolute Gasteiger partial charge is 0.323 e. The van der Waals surface area contributed by atoms with Crippen LogP contribution in [0.1, 0.15) is 73.7 Å².